The van der Waals surface area contributed by atoms with Crippen molar-refractivity contribution in [2.75, 3.05) is 13.2 Å². The van der Waals surface area contributed by atoms with E-state index in [4.69, 9.17) is 14.6 Å². The lowest BCUT2D eigenvalue weighted by molar-refractivity contribution is -0.139. The maximum Gasteiger partial charge on any atom is 0.341 e. The number of rotatable bonds is 9. The summed E-state index contributed by atoms with van der Waals surface area (Å²) in [6.07, 6.45) is 0.768. The highest BCUT2D eigenvalue weighted by Gasteiger charge is 2.22. The minimum atomic E-state index is -1.20. The third kappa shape index (κ3) is 5.47. The van der Waals surface area contributed by atoms with Crippen LogP contribution in [-0.2, 0) is 11.3 Å². The minimum absolute atomic E-state index is 0.0167. The Morgan fingerprint density at radius 1 is 1.12 bits per heavy atom. The van der Waals surface area contributed by atoms with Crippen molar-refractivity contribution in [1.29, 1.82) is 0 Å². The third-order valence-corrected chi connectivity index (χ3v) is 3.39. The molecule has 1 N–H and O–H groups in total. The van der Waals surface area contributed by atoms with Gasteiger partial charge < -0.3 is 14.6 Å². The van der Waals surface area contributed by atoms with Crippen LogP contribution in [0.3, 0.4) is 0 Å². The number of carbonyl (C=O) groups excluding carboxylic acids is 1. The second-order valence-electron chi connectivity index (χ2n) is 5.50. The lowest BCUT2D eigenvalue weighted by Crippen LogP contribution is -2.23. The van der Waals surface area contributed by atoms with Crippen LogP contribution in [0.4, 0.5) is 4.48 Å². The maximum absolute atomic E-state index is 14.4. The first-order valence-electron chi connectivity index (χ1n) is 8.14. The average Bonchev–Trinajstić information content (AvgIpc) is 2.65. The van der Waals surface area contributed by atoms with Gasteiger partial charge in [-0.05, 0) is 30.2 Å². The highest BCUT2D eigenvalue weighted by Crippen LogP contribution is 2.27. The molecule has 0 unspecified atom stereocenters. The summed E-state index contributed by atoms with van der Waals surface area (Å²) in [6, 6.07) is 13.0. The standard InChI is InChI=1S/C19H20FNO5/c1-2-10-25-15-8-9-17(26-13-18(22)23)16(11-15)19(24)21(20)12-14-6-4-3-5-7-14/h3-9,11H,2,10,12-13H2,1H3,(H,22,23). The lowest BCUT2D eigenvalue weighted by atomic mass is 10.1. The van der Waals surface area contributed by atoms with Gasteiger partial charge in [-0.1, -0.05) is 41.7 Å². The van der Waals surface area contributed by atoms with E-state index in [1.807, 2.05) is 6.92 Å². The fraction of sp³-hybridized carbons (Fsp3) is 0.263. The lowest BCUT2D eigenvalue weighted by Gasteiger charge is -2.16. The SMILES string of the molecule is CCCOc1ccc(OCC(=O)O)c(C(=O)N(F)Cc2ccccc2)c1. The van der Waals surface area contributed by atoms with Gasteiger partial charge in [-0.25, -0.2) is 4.79 Å². The summed E-state index contributed by atoms with van der Waals surface area (Å²) >= 11 is 0. The van der Waals surface area contributed by atoms with Crippen LogP contribution < -0.4 is 9.47 Å². The molecular formula is C19H20FNO5. The number of carbonyl (C=O) groups is 2. The van der Waals surface area contributed by atoms with E-state index in [1.165, 1.54) is 12.1 Å². The van der Waals surface area contributed by atoms with Crippen LogP contribution >= 0.6 is 0 Å². The molecule has 0 radical (unpaired) electrons. The molecular weight excluding hydrogens is 341 g/mol. The smallest absolute Gasteiger partial charge is 0.341 e. The zero-order valence-electron chi connectivity index (χ0n) is 14.4. The Morgan fingerprint density at radius 3 is 2.50 bits per heavy atom. The van der Waals surface area contributed by atoms with Crippen LogP contribution in [-0.4, -0.2) is 35.3 Å². The first kappa shape index (κ1) is 19.2. The average molecular weight is 361 g/mol. The van der Waals surface area contributed by atoms with E-state index in [2.05, 4.69) is 0 Å². The van der Waals surface area contributed by atoms with Crippen LogP contribution in [0.1, 0.15) is 29.3 Å². The number of hydrogen-bond donors (Lipinski definition) is 1. The Balaban J connectivity index is 2.23. The minimum Gasteiger partial charge on any atom is -0.494 e. The van der Waals surface area contributed by atoms with Gasteiger partial charge in [0.2, 0.25) is 0 Å². The van der Waals surface area contributed by atoms with Gasteiger partial charge in [0, 0.05) is 0 Å². The molecule has 0 aliphatic rings. The predicted molar refractivity (Wildman–Crippen MR) is 92.8 cm³/mol. The Labute approximate surface area is 150 Å². The molecule has 2 aromatic carbocycles. The molecule has 0 fully saturated rings. The summed E-state index contributed by atoms with van der Waals surface area (Å²) in [7, 11) is 0. The Kier molecular flexibility index (Phi) is 6.96. The number of aliphatic carboxylic acids is 1. The van der Waals surface area contributed by atoms with E-state index >= 15 is 0 Å². The van der Waals surface area contributed by atoms with Crippen molar-refractivity contribution in [2.45, 2.75) is 19.9 Å². The van der Waals surface area contributed by atoms with Crippen LogP contribution in [0.2, 0.25) is 0 Å². The van der Waals surface area contributed by atoms with Crippen molar-refractivity contribution in [1.82, 2.24) is 5.12 Å². The second-order valence-corrected chi connectivity index (χ2v) is 5.50. The number of halogens is 1. The number of hydrogen-bond acceptors (Lipinski definition) is 4. The van der Waals surface area contributed by atoms with Gasteiger partial charge in [0.1, 0.15) is 11.5 Å². The molecule has 0 bridgehead atoms. The molecule has 1 amide bonds. The topological polar surface area (TPSA) is 76.1 Å². The molecule has 26 heavy (non-hydrogen) atoms. The second kappa shape index (κ2) is 9.41. The predicted octanol–water partition coefficient (Wildman–Crippen LogP) is 3.47. The van der Waals surface area contributed by atoms with Crippen molar-refractivity contribution in [3.63, 3.8) is 0 Å². The quantitative estimate of drug-likeness (QED) is 0.692. The van der Waals surface area contributed by atoms with Crippen molar-refractivity contribution in [3.8, 4) is 11.5 Å². The van der Waals surface area contributed by atoms with Gasteiger partial charge in [0.15, 0.2) is 6.61 Å². The molecule has 138 valence electrons. The van der Waals surface area contributed by atoms with Gasteiger partial charge in [-0.3, -0.25) is 4.79 Å². The van der Waals surface area contributed by atoms with Crippen molar-refractivity contribution < 1.29 is 28.7 Å². The molecule has 0 aliphatic carbocycles. The number of ether oxygens (including phenoxy) is 2. The van der Waals surface area contributed by atoms with E-state index in [0.29, 0.717) is 17.9 Å². The van der Waals surface area contributed by atoms with E-state index in [-0.39, 0.29) is 23.0 Å². The number of nitrogens with zero attached hydrogens (tertiary/aromatic N) is 1. The summed E-state index contributed by atoms with van der Waals surface area (Å²) in [4.78, 5) is 23.2. The van der Waals surface area contributed by atoms with Gasteiger partial charge in [0.25, 0.3) is 5.91 Å². The molecule has 0 spiro atoms. The molecule has 0 saturated heterocycles. The molecule has 2 rings (SSSR count). The molecule has 0 aliphatic heterocycles. The van der Waals surface area contributed by atoms with Crippen molar-refractivity contribution in [3.05, 3.63) is 59.7 Å². The fourth-order valence-corrected chi connectivity index (χ4v) is 2.20. The highest BCUT2D eigenvalue weighted by molar-refractivity contribution is 5.96. The van der Waals surface area contributed by atoms with Gasteiger partial charge >= 0.3 is 5.97 Å². The Morgan fingerprint density at radius 2 is 1.85 bits per heavy atom. The summed E-state index contributed by atoms with van der Waals surface area (Å²) < 4.78 is 25.0. The van der Waals surface area contributed by atoms with Gasteiger partial charge in [-0.15, -0.1) is 0 Å². The van der Waals surface area contributed by atoms with Crippen LogP contribution in [0.5, 0.6) is 11.5 Å². The third-order valence-electron chi connectivity index (χ3n) is 3.39. The van der Waals surface area contributed by atoms with Gasteiger partial charge in [0.05, 0.1) is 18.7 Å². The van der Waals surface area contributed by atoms with E-state index < -0.39 is 18.5 Å². The molecule has 0 saturated carbocycles. The normalized spacial score (nSPS) is 10.2. The number of benzene rings is 2. The Bertz CT molecular complexity index is 751. The summed E-state index contributed by atoms with van der Waals surface area (Å²) in [5, 5.41) is 8.82. The first-order valence-corrected chi connectivity index (χ1v) is 8.14. The molecule has 0 atom stereocenters. The zero-order valence-corrected chi connectivity index (χ0v) is 14.4. The number of carboxylic acid groups (broad SMARTS) is 1. The Hall–Kier alpha value is -3.09. The highest BCUT2D eigenvalue weighted by atomic mass is 19.2. The molecule has 2 aromatic rings. The van der Waals surface area contributed by atoms with Crippen molar-refractivity contribution in [2.24, 2.45) is 0 Å². The molecule has 0 heterocycles. The van der Waals surface area contributed by atoms with E-state index in [1.54, 1.807) is 36.4 Å². The van der Waals surface area contributed by atoms with Crippen LogP contribution in [0.15, 0.2) is 48.5 Å². The molecule has 6 nitrogen and oxygen atoms in total. The maximum atomic E-state index is 14.4. The largest absolute Gasteiger partial charge is 0.494 e. The van der Waals surface area contributed by atoms with Crippen molar-refractivity contribution >= 4 is 11.9 Å². The van der Waals surface area contributed by atoms with Crippen LogP contribution in [0, 0.1) is 0 Å². The number of carboxylic acids is 1. The monoisotopic (exact) mass is 361 g/mol. The van der Waals surface area contributed by atoms with Crippen LogP contribution in [0.25, 0.3) is 0 Å². The zero-order chi connectivity index (χ0) is 18.9. The first-order chi connectivity index (χ1) is 12.5. The fourth-order valence-electron chi connectivity index (χ4n) is 2.20. The summed E-state index contributed by atoms with van der Waals surface area (Å²) in [5.74, 6) is -1.77. The van der Waals surface area contributed by atoms with E-state index in [9.17, 15) is 14.1 Å². The summed E-state index contributed by atoms with van der Waals surface area (Å²) in [6.45, 7) is 1.49. The van der Waals surface area contributed by atoms with E-state index in [0.717, 1.165) is 6.42 Å². The number of amides is 1. The molecule has 7 heteroatoms. The molecule has 0 aromatic heterocycles. The summed E-state index contributed by atoms with van der Waals surface area (Å²) in [5.41, 5.74) is 0.521. The van der Waals surface area contributed by atoms with Gasteiger partial charge in [-0.2, -0.15) is 5.12 Å².